The van der Waals surface area contributed by atoms with Crippen molar-refractivity contribution < 1.29 is 9.53 Å². The lowest BCUT2D eigenvalue weighted by atomic mass is 9.99. The lowest BCUT2D eigenvalue weighted by Crippen LogP contribution is -2.52. The number of nitrogens with one attached hydrogen (secondary N) is 1. The maximum atomic E-state index is 11.4. The highest BCUT2D eigenvalue weighted by atomic mass is 16.5. The number of nitrogens with two attached hydrogens (primary N) is 1. The van der Waals surface area contributed by atoms with Gasteiger partial charge in [0.25, 0.3) is 0 Å². The van der Waals surface area contributed by atoms with Crippen molar-refractivity contribution in [1.82, 2.24) is 5.32 Å². The zero-order valence-electron chi connectivity index (χ0n) is 8.89. The van der Waals surface area contributed by atoms with Crippen LogP contribution in [0.1, 0.15) is 27.2 Å². The van der Waals surface area contributed by atoms with Crippen LogP contribution in [0.3, 0.4) is 0 Å². The molecule has 0 rings (SSSR count). The Morgan fingerprint density at radius 2 is 2.23 bits per heavy atom. The summed E-state index contributed by atoms with van der Waals surface area (Å²) in [5.74, 6) is -0.126. The summed E-state index contributed by atoms with van der Waals surface area (Å²) in [7, 11) is 1.61. The molecular weight excluding hydrogens is 168 g/mol. The Kier molecular flexibility index (Phi) is 4.95. The van der Waals surface area contributed by atoms with E-state index in [0.29, 0.717) is 13.0 Å². The standard InChI is InChI=1S/C9H20N2O2/c1-5-9(3,10)8(12)11-6-7(2)13-4/h7H,5-6,10H2,1-4H3,(H,11,12). The highest BCUT2D eigenvalue weighted by Crippen LogP contribution is 2.03. The molecule has 0 fully saturated rings. The Bertz CT molecular complexity index is 169. The van der Waals surface area contributed by atoms with Gasteiger partial charge in [-0.3, -0.25) is 4.79 Å². The molecule has 0 aromatic carbocycles. The summed E-state index contributed by atoms with van der Waals surface area (Å²) < 4.78 is 4.99. The van der Waals surface area contributed by atoms with Gasteiger partial charge >= 0.3 is 0 Å². The molecule has 0 aliphatic carbocycles. The second-order valence-corrected chi connectivity index (χ2v) is 3.53. The Hall–Kier alpha value is -0.610. The number of rotatable bonds is 5. The molecule has 3 N–H and O–H groups in total. The molecule has 0 heterocycles. The van der Waals surface area contributed by atoms with E-state index in [1.807, 2.05) is 13.8 Å². The van der Waals surface area contributed by atoms with Crippen LogP contribution in [-0.2, 0) is 9.53 Å². The van der Waals surface area contributed by atoms with E-state index < -0.39 is 5.54 Å². The maximum absolute atomic E-state index is 11.4. The number of ether oxygens (including phenoxy) is 1. The monoisotopic (exact) mass is 188 g/mol. The maximum Gasteiger partial charge on any atom is 0.239 e. The van der Waals surface area contributed by atoms with Gasteiger partial charge in [0.05, 0.1) is 11.6 Å². The minimum atomic E-state index is -0.770. The number of carbonyl (C=O) groups is 1. The summed E-state index contributed by atoms with van der Waals surface area (Å²) in [6.07, 6.45) is 0.650. The Balaban J connectivity index is 3.88. The second kappa shape index (κ2) is 5.19. The van der Waals surface area contributed by atoms with Crippen molar-refractivity contribution in [2.75, 3.05) is 13.7 Å². The Labute approximate surface area is 79.8 Å². The van der Waals surface area contributed by atoms with Gasteiger partial charge in [-0.1, -0.05) is 6.92 Å². The van der Waals surface area contributed by atoms with E-state index >= 15 is 0 Å². The summed E-state index contributed by atoms with van der Waals surface area (Å²) >= 11 is 0. The number of hydrogen-bond acceptors (Lipinski definition) is 3. The van der Waals surface area contributed by atoms with E-state index in [2.05, 4.69) is 5.32 Å². The molecular formula is C9H20N2O2. The van der Waals surface area contributed by atoms with E-state index in [-0.39, 0.29) is 12.0 Å². The van der Waals surface area contributed by atoms with Crippen LogP contribution in [0, 0.1) is 0 Å². The van der Waals surface area contributed by atoms with E-state index in [0.717, 1.165) is 0 Å². The van der Waals surface area contributed by atoms with Gasteiger partial charge in [0.1, 0.15) is 0 Å². The summed E-state index contributed by atoms with van der Waals surface area (Å²) in [5.41, 5.74) is 4.96. The molecule has 0 aliphatic rings. The van der Waals surface area contributed by atoms with Crippen molar-refractivity contribution in [3.05, 3.63) is 0 Å². The van der Waals surface area contributed by atoms with Crippen molar-refractivity contribution in [3.63, 3.8) is 0 Å². The van der Waals surface area contributed by atoms with Crippen LogP contribution >= 0.6 is 0 Å². The van der Waals surface area contributed by atoms with Crippen LogP contribution in [0.15, 0.2) is 0 Å². The third kappa shape index (κ3) is 4.24. The van der Waals surface area contributed by atoms with Crippen molar-refractivity contribution >= 4 is 5.91 Å². The Morgan fingerprint density at radius 3 is 2.62 bits per heavy atom. The lowest BCUT2D eigenvalue weighted by molar-refractivity contribution is -0.126. The second-order valence-electron chi connectivity index (χ2n) is 3.53. The van der Waals surface area contributed by atoms with E-state index in [9.17, 15) is 4.79 Å². The SMILES string of the molecule is CCC(C)(N)C(=O)NCC(C)OC. The van der Waals surface area contributed by atoms with Gasteiger partial charge in [-0.05, 0) is 20.3 Å². The molecule has 2 unspecified atom stereocenters. The first kappa shape index (κ1) is 12.4. The molecule has 0 saturated carbocycles. The third-order valence-electron chi connectivity index (χ3n) is 2.21. The van der Waals surface area contributed by atoms with Crippen LogP contribution in [0.4, 0.5) is 0 Å². The Morgan fingerprint density at radius 1 is 1.69 bits per heavy atom. The number of amides is 1. The average molecular weight is 188 g/mol. The first-order valence-electron chi connectivity index (χ1n) is 4.54. The van der Waals surface area contributed by atoms with Gasteiger partial charge < -0.3 is 15.8 Å². The van der Waals surface area contributed by atoms with E-state index in [4.69, 9.17) is 10.5 Å². The molecule has 0 saturated heterocycles. The molecule has 0 aliphatic heterocycles. The fourth-order valence-electron chi connectivity index (χ4n) is 0.682. The van der Waals surface area contributed by atoms with Crippen molar-refractivity contribution in [2.24, 2.45) is 5.73 Å². The third-order valence-corrected chi connectivity index (χ3v) is 2.21. The number of hydrogen-bond donors (Lipinski definition) is 2. The van der Waals surface area contributed by atoms with E-state index in [1.165, 1.54) is 0 Å². The molecule has 13 heavy (non-hydrogen) atoms. The average Bonchev–Trinajstić information content (AvgIpc) is 2.13. The minimum absolute atomic E-state index is 0.0246. The highest BCUT2D eigenvalue weighted by Gasteiger charge is 2.25. The fourth-order valence-corrected chi connectivity index (χ4v) is 0.682. The minimum Gasteiger partial charge on any atom is -0.380 e. The number of methoxy groups -OCH3 is 1. The predicted octanol–water partition coefficient (Wildman–Crippen LogP) is 0.265. The van der Waals surface area contributed by atoms with Crippen molar-refractivity contribution in [3.8, 4) is 0 Å². The van der Waals surface area contributed by atoms with Gasteiger partial charge in [-0.2, -0.15) is 0 Å². The zero-order valence-corrected chi connectivity index (χ0v) is 8.89. The molecule has 1 amide bonds. The van der Waals surface area contributed by atoms with Crippen LogP contribution in [0.5, 0.6) is 0 Å². The van der Waals surface area contributed by atoms with Gasteiger partial charge in [-0.15, -0.1) is 0 Å². The molecule has 4 nitrogen and oxygen atoms in total. The molecule has 4 heteroatoms. The number of carbonyl (C=O) groups excluding carboxylic acids is 1. The largest absolute Gasteiger partial charge is 0.380 e. The van der Waals surface area contributed by atoms with Gasteiger partial charge in [0.2, 0.25) is 5.91 Å². The molecule has 78 valence electrons. The first-order valence-corrected chi connectivity index (χ1v) is 4.54. The van der Waals surface area contributed by atoms with Crippen molar-refractivity contribution in [1.29, 1.82) is 0 Å². The molecule has 0 spiro atoms. The summed E-state index contributed by atoms with van der Waals surface area (Å²) in [6, 6.07) is 0. The van der Waals surface area contributed by atoms with Crippen molar-refractivity contribution in [2.45, 2.75) is 38.8 Å². The normalized spacial score (nSPS) is 17.6. The van der Waals surface area contributed by atoms with E-state index in [1.54, 1.807) is 14.0 Å². The molecule has 0 bridgehead atoms. The molecule has 0 radical (unpaired) electrons. The first-order chi connectivity index (χ1) is 5.94. The lowest BCUT2D eigenvalue weighted by Gasteiger charge is -2.22. The molecule has 0 aromatic heterocycles. The zero-order chi connectivity index (χ0) is 10.5. The van der Waals surface area contributed by atoms with Crippen LogP contribution in [-0.4, -0.2) is 31.2 Å². The van der Waals surface area contributed by atoms with Gasteiger partial charge in [-0.25, -0.2) is 0 Å². The van der Waals surface area contributed by atoms with Crippen LogP contribution < -0.4 is 11.1 Å². The predicted molar refractivity (Wildman–Crippen MR) is 52.4 cm³/mol. The highest BCUT2D eigenvalue weighted by molar-refractivity contribution is 5.85. The fraction of sp³-hybridized carbons (Fsp3) is 0.889. The summed E-state index contributed by atoms with van der Waals surface area (Å²) in [6.45, 7) is 6.00. The molecule has 0 aromatic rings. The summed E-state index contributed by atoms with van der Waals surface area (Å²) in [4.78, 5) is 11.4. The topological polar surface area (TPSA) is 64.4 Å². The summed E-state index contributed by atoms with van der Waals surface area (Å²) in [5, 5.41) is 2.74. The van der Waals surface area contributed by atoms with Gasteiger partial charge in [0, 0.05) is 13.7 Å². The van der Waals surface area contributed by atoms with Crippen LogP contribution in [0.25, 0.3) is 0 Å². The van der Waals surface area contributed by atoms with Gasteiger partial charge in [0.15, 0.2) is 0 Å². The quantitative estimate of drug-likeness (QED) is 0.650. The smallest absolute Gasteiger partial charge is 0.239 e. The molecule has 2 atom stereocenters. The van der Waals surface area contributed by atoms with Crippen LogP contribution in [0.2, 0.25) is 0 Å².